The molecule has 6 heteroatoms. The van der Waals surface area contributed by atoms with Crippen LogP contribution in [0.1, 0.15) is 30.5 Å². The highest BCUT2D eigenvalue weighted by Crippen LogP contribution is 2.27. The Hall–Kier alpha value is -2.60. The first-order valence-corrected chi connectivity index (χ1v) is 10.7. The Bertz CT molecular complexity index is 907. The molecule has 0 aromatic heterocycles. The molecule has 2 aliphatic rings. The molecule has 0 unspecified atom stereocenters. The van der Waals surface area contributed by atoms with E-state index in [4.69, 9.17) is 4.74 Å². The van der Waals surface area contributed by atoms with Crippen LogP contribution in [0.4, 0.5) is 9.18 Å². The van der Waals surface area contributed by atoms with Gasteiger partial charge in [0.1, 0.15) is 11.6 Å². The van der Waals surface area contributed by atoms with E-state index in [0.717, 1.165) is 38.4 Å². The molecule has 2 heterocycles. The lowest BCUT2D eigenvalue weighted by molar-refractivity contribution is 0.134. The Morgan fingerprint density at radius 1 is 1.13 bits per heavy atom. The molecule has 2 amide bonds. The fourth-order valence-corrected chi connectivity index (χ4v) is 4.22. The number of halogens is 1. The number of nitrogens with one attached hydrogen (secondary N) is 1. The molecule has 30 heavy (non-hydrogen) atoms. The zero-order valence-electron chi connectivity index (χ0n) is 17.8. The number of rotatable bonds is 5. The van der Waals surface area contributed by atoms with Crippen molar-refractivity contribution in [3.05, 3.63) is 65.0 Å². The van der Waals surface area contributed by atoms with E-state index < -0.39 is 5.41 Å². The summed E-state index contributed by atoms with van der Waals surface area (Å²) in [5.41, 5.74) is 2.74. The number of piperazine rings is 1. The lowest BCUT2D eigenvalue weighted by Gasteiger charge is -2.35. The van der Waals surface area contributed by atoms with Crippen LogP contribution in [0.25, 0.3) is 0 Å². The molecule has 0 radical (unpaired) electrons. The van der Waals surface area contributed by atoms with Gasteiger partial charge in [0.25, 0.3) is 0 Å². The number of amides is 2. The largest absolute Gasteiger partial charge is 0.493 e. The Morgan fingerprint density at radius 2 is 1.90 bits per heavy atom. The van der Waals surface area contributed by atoms with Gasteiger partial charge in [0.15, 0.2) is 0 Å². The number of urea groups is 1. The number of fused-ring (bicyclic) bond motifs is 1. The molecule has 0 spiro atoms. The predicted octanol–water partition coefficient (Wildman–Crippen LogP) is 3.57. The maximum atomic E-state index is 14.1. The Labute approximate surface area is 177 Å². The minimum atomic E-state index is -0.472. The topological polar surface area (TPSA) is 44.8 Å². The van der Waals surface area contributed by atoms with Crippen LogP contribution in [0.2, 0.25) is 0 Å². The van der Waals surface area contributed by atoms with Crippen LogP contribution in [0.5, 0.6) is 5.75 Å². The molecule has 0 saturated carbocycles. The molecule has 4 rings (SSSR count). The Balaban J connectivity index is 1.26. The summed E-state index contributed by atoms with van der Waals surface area (Å²) in [6.45, 7) is 9.04. The van der Waals surface area contributed by atoms with Crippen LogP contribution in [-0.4, -0.2) is 55.2 Å². The van der Waals surface area contributed by atoms with Crippen molar-refractivity contribution in [1.82, 2.24) is 15.1 Å². The third-order valence-corrected chi connectivity index (χ3v) is 6.10. The zero-order valence-corrected chi connectivity index (χ0v) is 17.8. The summed E-state index contributed by atoms with van der Waals surface area (Å²) < 4.78 is 19.7. The number of carbonyl (C=O) groups excluding carboxylic acids is 1. The normalized spacial score (nSPS) is 16.8. The second kappa shape index (κ2) is 8.64. The third kappa shape index (κ3) is 4.59. The van der Waals surface area contributed by atoms with E-state index >= 15 is 0 Å². The van der Waals surface area contributed by atoms with Gasteiger partial charge < -0.3 is 15.0 Å². The second-order valence-electron chi connectivity index (χ2n) is 8.83. The minimum Gasteiger partial charge on any atom is -0.493 e. The number of ether oxygens (including phenoxy) is 1. The molecule has 0 aliphatic carbocycles. The Morgan fingerprint density at radius 3 is 2.67 bits per heavy atom. The number of carbonyl (C=O) groups is 1. The highest BCUT2D eigenvalue weighted by atomic mass is 19.1. The van der Waals surface area contributed by atoms with E-state index in [-0.39, 0.29) is 11.8 Å². The van der Waals surface area contributed by atoms with Gasteiger partial charge in [0.05, 0.1) is 6.61 Å². The van der Waals surface area contributed by atoms with E-state index in [1.807, 2.05) is 24.8 Å². The van der Waals surface area contributed by atoms with Gasteiger partial charge in [-0.1, -0.05) is 44.2 Å². The van der Waals surface area contributed by atoms with Crippen LogP contribution in [-0.2, 0) is 18.4 Å². The third-order valence-electron chi connectivity index (χ3n) is 6.10. The molecule has 0 bridgehead atoms. The molecule has 2 aromatic rings. The SMILES string of the molecule is CC(C)(CNC(=O)N1CCN(Cc2ccc3c(c2)CCO3)CC1)c1ccccc1F. The van der Waals surface area contributed by atoms with Crippen molar-refractivity contribution >= 4 is 6.03 Å². The maximum Gasteiger partial charge on any atom is 0.317 e. The van der Waals surface area contributed by atoms with Crippen molar-refractivity contribution in [1.29, 1.82) is 0 Å². The van der Waals surface area contributed by atoms with Crippen molar-refractivity contribution < 1.29 is 13.9 Å². The number of hydrogen-bond acceptors (Lipinski definition) is 3. The van der Waals surface area contributed by atoms with Crippen molar-refractivity contribution in [3.8, 4) is 5.75 Å². The van der Waals surface area contributed by atoms with Crippen LogP contribution >= 0.6 is 0 Å². The first kappa shape index (κ1) is 20.7. The molecule has 5 nitrogen and oxygen atoms in total. The Kier molecular flexibility index (Phi) is 5.95. The van der Waals surface area contributed by atoms with Crippen LogP contribution < -0.4 is 10.1 Å². The van der Waals surface area contributed by atoms with Crippen LogP contribution in [0.3, 0.4) is 0 Å². The summed E-state index contributed by atoms with van der Waals surface area (Å²) >= 11 is 0. The fourth-order valence-electron chi connectivity index (χ4n) is 4.22. The second-order valence-corrected chi connectivity index (χ2v) is 8.83. The zero-order chi connectivity index (χ0) is 21.1. The highest BCUT2D eigenvalue weighted by molar-refractivity contribution is 5.74. The van der Waals surface area contributed by atoms with Gasteiger partial charge >= 0.3 is 6.03 Å². The molecular weight excluding hydrogens is 381 g/mol. The highest BCUT2D eigenvalue weighted by Gasteiger charge is 2.27. The van der Waals surface area contributed by atoms with E-state index in [0.29, 0.717) is 25.2 Å². The van der Waals surface area contributed by atoms with Gasteiger partial charge in [-0.05, 0) is 28.8 Å². The number of benzene rings is 2. The molecule has 1 fully saturated rings. The summed E-state index contributed by atoms with van der Waals surface area (Å²) in [6.07, 6.45) is 0.986. The smallest absolute Gasteiger partial charge is 0.317 e. The summed E-state index contributed by atoms with van der Waals surface area (Å²) in [6, 6.07) is 13.1. The molecule has 2 aromatic carbocycles. The minimum absolute atomic E-state index is 0.0752. The number of hydrogen-bond donors (Lipinski definition) is 1. The van der Waals surface area contributed by atoms with E-state index in [1.165, 1.54) is 17.2 Å². The standard InChI is InChI=1S/C24H30FN3O2/c1-24(2,20-5-3-4-6-21(20)25)17-26-23(29)28-12-10-27(11-13-28)16-18-7-8-22-19(15-18)9-14-30-22/h3-8,15H,9-14,16-17H2,1-2H3,(H,26,29). The van der Waals surface area contributed by atoms with Crippen molar-refractivity contribution in [2.45, 2.75) is 32.2 Å². The van der Waals surface area contributed by atoms with E-state index in [1.54, 1.807) is 12.1 Å². The van der Waals surface area contributed by atoms with Crippen molar-refractivity contribution in [2.75, 3.05) is 39.3 Å². The van der Waals surface area contributed by atoms with Crippen LogP contribution in [0, 0.1) is 5.82 Å². The first-order valence-electron chi connectivity index (χ1n) is 10.7. The summed E-state index contributed by atoms with van der Waals surface area (Å²) in [5, 5.41) is 3.00. The molecule has 2 aliphatic heterocycles. The average Bonchev–Trinajstić information content (AvgIpc) is 3.21. The van der Waals surface area contributed by atoms with E-state index in [2.05, 4.69) is 28.4 Å². The lowest BCUT2D eigenvalue weighted by atomic mass is 9.84. The molecule has 1 saturated heterocycles. The predicted molar refractivity (Wildman–Crippen MR) is 115 cm³/mol. The fraction of sp³-hybridized carbons (Fsp3) is 0.458. The van der Waals surface area contributed by atoms with Gasteiger partial charge in [0, 0.05) is 51.1 Å². The summed E-state index contributed by atoms with van der Waals surface area (Å²) in [7, 11) is 0. The summed E-state index contributed by atoms with van der Waals surface area (Å²) in [5.74, 6) is 0.780. The lowest BCUT2D eigenvalue weighted by Crippen LogP contribution is -2.52. The molecule has 160 valence electrons. The monoisotopic (exact) mass is 411 g/mol. The first-order chi connectivity index (χ1) is 14.4. The van der Waals surface area contributed by atoms with Gasteiger partial charge in [-0.3, -0.25) is 4.90 Å². The number of nitrogens with zero attached hydrogens (tertiary/aromatic N) is 2. The van der Waals surface area contributed by atoms with E-state index in [9.17, 15) is 9.18 Å². The van der Waals surface area contributed by atoms with Gasteiger partial charge in [-0.2, -0.15) is 0 Å². The van der Waals surface area contributed by atoms with Gasteiger partial charge in [0.2, 0.25) is 0 Å². The average molecular weight is 412 g/mol. The molecule has 0 atom stereocenters. The molecule has 1 N–H and O–H groups in total. The van der Waals surface area contributed by atoms with Crippen molar-refractivity contribution in [2.24, 2.45) is 0 Å². The van der Waals surface area contributed by atoms with Crippen LogP contribution in [0.15, 0.2) is 42.5 Å². The van der Waals surface area contributed by atoms with Gasteiger partial charge in [-0.25, -0.2) is 9.18 Å². The summed E-state index contributed by atoms with van der Waals surface area (Å²) in [4.78, 5) is 16.9. The quantitative estimate of drug-likeness (QED) is 0.818. The van der Waals surface area contributed by atoms with Gasteiger partial charge in [-0.15, -0.1) is 0 Å². The maximum absolute atomic E-state index is 14.1. The molecular formula is C24H30FN3O2. The van der Waals surface area contributed by atoms with Crippen molar-refractivity contribution in [3.63, 3.8) is 0 Å².